The van der Waals surface area contributed by atoms with Crippen LogP contribution >= 0.6 is 11.8 Å². The highest BCUT2D eigenvalue weighted by atomic mass is 32.2. The van der Waals surface area contributed by atoms with E-state index in [2.05, 4.69) is 10.9 Å². The summed E-state index contributed by atoms with van der Waals surface area (Å²) in [5.41, 5.74) is 4.88. The number of carbonyl (C=O) groups is 2. The summed E-state index contributed by atoms with van der Waals surface area (Å²) in [7, 11) is 0. The van der Waals surface area contributed by atoms with Crippen molar-refractivity contribution < 1.29 is 18.4 Å². The predicted octanol–water partition coefficient (Wildman–Crippen LogP) is 2.52. The minimum absolute atomic E-state index is 0.113. The summed E-state index contributed by atoms with van der Waals surface area (Å²) in [5, 5.41) is 0. The maximum absolute atomic E-state index is 13.4. The monoisotopic (exact) mass is 322 g/mol. The number of halogens is 2. The first-order chi connectivity index (χ1) is 10.6. The molecule has 0 heterocycles. The van der Waals surface area contributed by atoms with E-state index >= 15 is 0 Å². The molecule has 0 saturated carbocycles. The van der Waals surface area contributed by atoms with E-state index in [4.69, 9.17) is 0 Å². The van der Waals surface area contributed by atoms with Gasteiger partial charge in [0.1, 0.15) is 11.6 Å². The van der Waals surface area contributed by atoms with E-state index in [9.17, 15) is 18.4 Å². The number of hydrogen-bond acceptors (Lipinski definition) is 3. The van der Waals surface area contributed by atoms with Crippen LogP contribution in [0.25, 0.3) is 0 Å². The van der Waals surface area contributed by atoms with Gasteiger partial charge in [0.2, 0.25) is 5.91 Å². The third-order valence-corrected chi connectivity index (χ3v) is 3.65. The van der Waals surface area contributed by atoms with Crippen molar-refractivity contribution in [1.82, 2.24) is 10.9 Å². The van der Waals surface area contributed by atoms with E-state index in [1.807, 2.05) is 0 Å². The fourth-order valence-electron chi connectivity index (χ4n) is 1.56. The summed E-state index contributed by atoms with van der Waals surface area (Å²) < 4.78 is 26.1. The molecule has 4 nitrogen and oxygen atoms in total. The van der Waals surface area contributed by atoms with Crippen LogP contribution in [0.4, 0.5) is 8.78 Å². The van der Waals surface area contributed by atoms with Gasteiger partial charge in [-0.25, -0.2) is 8.78 Å². The zero-order valence-electron chi connectivity index (χ0n) is 11.3. The second kappa shape index (κ2) is 7.56. The van der Waals surface area contributed by atoms with E-state index in [0.29, 0.717) is 5.56 Å². The Bertz CT molecular complexity index is 680. The Morgan fingerprint density at radius 2 is 1.73 bits per heavy atom. The van der Waals surface area contributed by atoms with Crippen LogP contribution in [0.15, 0.2) is 53.4 Å². The number of hydrogen-bond donors (Lipinski definition) is 2. The summed E-state index contributed by atoms with van der Waals surface area (Å²) in [6.45, 7) is 0. The highest BCUT2D eigenvalue weighted by Gasteiger charge is 2.09. The molecule has 0 bridgehead atoms. The van der Waals surface area contributed by atoms with E-state index in [1.165, 1.54) is 6.07 Å². The number of thioether (sulfide) groups is 1. The van der Waals surface area contributed by atoms with Crippen molar-refractivity contribution in [3.8, 4) is 0 Å². The summed E-state index contributed by atoms with van der Waals surface area (Å²) in [6.07, 6.45) is 0. The molecule has 0 unspecified atom stereocenters. The molecule has 0 aliphatic rings. The quantitative estimate of drug-likeness (QED) is 0.672. The van der Waals surface area contributed by atoms with Gasteiger partial charge in [0.25, 0.3) is 5.91 Å². The largest absolute Gasteiger partial charge is 0.272 e. The maximum Gasteiger partial charge on any atom is 0.269 e. The normalized spacial score (nSPS) is 10.1. The second-order valence-corrected chi connectivity index (χ2v) is 5.25. The number of carbonyl (C=O) groups excluding carboxylic acids is 2. The lowest BCUT2D eigenvalue weighted by Crippen LogP contribution is -2.42. The van der Waals surface area contributed by atoms with Gasteiger partial charge in [0, 0.05) is 16.5 Å². The van der Waals surface area contributed by atoms with Crippen LogP contribution < -0.4 is 10.9 Å². The number of rotatable bonds is 4. The third-order valence-electron chi connectivity index (χ3n) is 2.60. The van der Waals surface area contributed by atoms with Crippen LogP contribution in [0, 0.1) is 11.6 Å². The highest BCUT2D eigenvalue weighted by Crippen LogP contribution is 2.21. The lowest BCUT2D eigenvalue weighted by Gasteiger charge is -2.07. The van der Waals surface area contributed by atoms with Crippen LogP contribution in [-0.4, -0.2) is 17.6 Å². The molecule has 2 aromatic carbocycles. The van der Waals surface area contributed by atoms with Crippen molar-refractivity contribution in [3.05, 3.63) is 65.7 Å². The summed E-state index contributed by atoms with van der Waals surface area (Å²) >= 11 is 0.906. The fraction of sp³-hybridized carbons (Fsp3) is 0.0667. The van der Waals surface area contributed by atoms with Crippen LogP contribution in [0.2, 0.25) is 0 Å². The Balaban J connectivity index is 1.80. The average Bonchev–Trinajstić information content (AvgIpc) is 2.52. The van der Waals surface area contributed by atoms with Gasteiger partial charge >= 0.3 is 0 Å². The topological polar surface area (TPSA) is 58.2 Å². The van der Waals surface area contributed by atoms with E-state index in [-0.39, 0.29) is 10.6 Å². The van der Waals surface area contributed by atoms with E-state index in [0.717, 1.165) is 23.9 Å². The van der Waals surface area contributed by atoms with Crippen LogP contribution in [0.3, 0.4) is 0 Å². The zero-order valence-corrected chi connectivity index (χ0v) is 12.1. The van der Waals surface area contributed by atoms with Crippen molar-refractivity contribution in [2.75, 3.05) is 5.75 Å². The SMILES string of the molecule is O=C(CSc1ccc(F)cc1F)NNC(=O)c1ccccc1. The molecule has 0 aliphatic heterocycles. The molecule has 0 fully saturated rings. The second-order valence-electron chi connectivity index (χ2n) is 4.23. The number of nitrogens with one attached hydrogen (secondary N) is 2. The van der Waals surface area contributed by atoms with Gasteiger partial charge in [0.05, 0.1) is 5.75 Å². The number of benzene rings is 2. The molecule has 7 heteroatoms. The number of hydrazine groups is 1. The van der Waals surface area contributed by atoms with Crippen molar-refractivity contribution in [1.29, 1.82) is 0 Å². The summed E-state index contributed by atoms with van der Waals surface area (Å²) in [5.74, 6) is -2.48. The zero-order chi connectivity index (χ0) is 15.9. The molecule has 22 heavy (non-hydrogen) atoms. The maximum atomic E-state index is 13.4. The van der Waals surface area contributed by atoms with Gasteiger partial charge in [-0.1, -0.05) is 18.2 Å². The van der Waals surface area contributed by atoms with Crippen molar-refractivity contribution in [2.45, 2.75) is 4.90 Å². The lowest BCUT2D eigenvalue weighted by molar-refractivity contribution is -0.119. The molecule has 0 spiro atoms. The van der Waals surface area contributed by atoms with Crippen molar-refractivity contribution in [2.24, 2.45) is 0 Å². The Labute approximate surface area is 129 Å². The number of amides is 2. The molecule has 0 aromatic heterocycles. The Morgan fingerprint density at radius 1 is 1.00 bits per heavy atom. The molecule has 2 amide bonds. The van der Waals surface area contributed by atoms with Crippen LogP contribution in [0.1, 0.15) is 10.4 Å². The average molecular weight is 322 g/mol. The van der Waals surface area contributed by atoms with Crippen LogP contribution in [0.5, 0.6) is 0 Å². The first-order valence-corrected chi connectivity index (χ1v) is 7.27. The van der Waals surface area contributed by atoms with Gasteiger partial charge in [-0.15, -0.1) is 11.8 Å². The fourth-order valence-corrected chi connectivity index (χ4v) is 2.28. The first-order valence-electron chi connectivity index (χ1n) is 6.28. The van der Waals surface area contributed by atoms with Crippen molar-refractivity contribution in [3.63, 3.8) is 0 Å². The minimum Gasteiger partial charge on any atom is -0.272 e. The van der Waals surface area contributed by atoms with E-state index < -0.39 is 23.4 Å². The Morgan fingerprint density at radius 3 is 2.41 bits per heavy atom. The molecule has 0 saturated heterocycles. The summed E-state index contributed by atoms with van der Waals surface area (Å²) in [6, 6.07) is 11.5. The van der Waals surface area contributed by atoms with Crippen LogP contribution in [-0.2, 0) is 4.79 Å². The van der Waals surface area contributed by atoms with Gasteiger partial charge < -0.3 is 0 Å². The minimum atomic E-state index is -0.730. The summed E-state index contributed by atoms with van der Waals surface area (Å²) in [4.78, 5) is 23.4. The lowest BCUT2D eigenvalue weighted by atomic mass is 10.2. The molecule has 0 aliphatic carbocycles. The van der Waals surface area contributed by atoms with Gasteiger partial charge in [-0.2, -0.15) is 0 Å². The van der Waals surface area contributed by atoms with Gasteiger partial charge in [-0.3, -0.25) is 20.4 Å². The standard InChI is InChI=1S/C15H12F2N2O2S/c16-11-6-7-13(12(17)8-11)22-9-14(20)18-19-15(21)10-4-2-1-3-5-10/h1-8H,9H2,(H,18,20)(H,19,21). The molecule has 2 aromatic rings. The van der Waals surface area contributed by atoms with Gasteiger partial charge in [-0.05, 0) is 24.3 Å². The molecule has 114 valence electrons. The van der Waals surface area contributed by atoms with Gasteiger partial charge in [0.15, 0.2) is 0 Å². The smallest absolute Gasteiger partial charge is 0.269 e. The molecule has 0 atom stereocenters. The highest BCUT2D eigenvalue weighted by molar-refractivity contribution is 8.00. The molecule has 2 N–H and O–H groups in total. The van der Waals surface area contributed by atoms with E-state index in [1.54, 1.807) is 30.3 Å². The molecule has 0 radical (unpaired) electrons. The molecular weight excluding hydrogens is 310 g/mol. The first kappa shape index (κ1) is 16.0. The Hall–Kier alpha value is -2.41. The molecule has 2 rings (SSSR count). The third kappa shape index (κ3) is 4.56. The molecular formula is C15H12F2N2O2S. The van der Waals surface area contributed by atoms with Crippen molar-refractivity contribution >= 4 is 23.6 Å². The Kier molecular flexibility index (Phi) is 5.48. The predicted molar refractivity (Wildman–Crippen MR) is 79.1 cm³/mol.